The molecule has 2 fully saturated rings. The van der Waals surface area contributed by atoms with Crippen LogP contribution in [0.25, 0.3) is 21.5 Å². The van der Waals surface area contributed by atoms with E-state index >= 15 is 0 Å². The van der Waals surface area contributed by atoms with E-state index in [0.29, 0.717) is 50.4 Å². The lowest BCUT2D eigenvalue weighted by Gasteiger charge is -2.32. The highest BCUT2D eigenvalue weighted by molar-refractivity contribution is 7.19. The third kappa shape index (κ3) is 11.8. The molecule has 4 N–H and O–H groups in total. The van der Waals surface area contributed by atoms with Crippen LogP contribution in [0, 0.1) is 31.6 Å². The molecule has 0 saturated carbocycles. The second-order valence-corrected chi connectivity index (χ2v) is 18.1. The summed E-state index contributed by atoms with van der Waals surface area (Å²) in [4.78, 5) is 53.9. The molecule has 13 heteroatoms. The normalized spacial score (nSPS) is 16.1. The Morgan fingerprint density at radius 2 is 1.54 bits per heavy atom. The standard InChI is InChI=1S/C48H63N7O5S/c1-32-17-19-38(20-18-32)45-44-33(2)34(3)61-47(44)55(35(4)49)48(50)54(45)31-27-41(56)51-28-12-10-8-6-5-7-9-11-16-43(58)53-29-25-37(26-30-53)36-21-23-39(24-22-36)60-40-14-13-15-42(57)52-46(40)59/h17-24,37,40,49-50H,5-16,25-31H2,1-4H3,(H-,51,52,56,57,59)/p+1. The summed E-state index contributed by atoms with van der Waals surface area (Å²) in [5, 5.41) is 24.2. The van der Waals surface area contributed by atoms with Gasteiger partial charge in [-0.05, 0) is 88.5 Å². The summed E-state index contributed by atoms with van der Waals surface area (Å²) < 4.78 is 9.49. The first-order valence-electron chi connectivity index (χ1n) is 22.3. The van der Waals surface area contributed by atoms with E-state index in [9.17, 15) is 19.2 Å². The van der Waals surface area contributed by atoms with Crippen LogP contribution in [0.15, 0.2) is 48.5 Å². The summed E-state index contributed by atoms with van der Waals surface area (Å²) in [6.45, 7) is 10.5. The van der Waals surface area contributed by atoms with Crippen molar-refractivity contribution in [3.05, 3.63) is 75.7 Å². The van der Waals surface area contributed by atoms with Gasteiger partial charge in [0.25, 0.3) is 5.91 Å². The van der Waals surface area contributed by atoms with Gasteiger partial charge in [0.2, 0.25) is 17.7 Å². The number of nitrogens with zero attached hydrogens (tertiary/aromatic N) is 3. The topological polar surface area (TPSA) is 161 Å². The first-order valence-corrected chi connectivity index (χ1v) is 23.1. The van der Waals surface area contributed by atoms with Gasteiger partial charge in [-0.3, -0.25) is 29.9 Å². The summed E-state index contributed by atoms with van der Waals surface area (Å²) in [5.74, 6) is 0.906. The number of fused-ring (bicyclic) bond motifs is 1. The van der Waals surface area contributed by atoms with Gasteiger partial charge in [-0.25, -0.2) is 4.57 Å². The van der Waals surface area contributed by atoms with Crippen molar-refractivity contribution in [2.75, 3.05) is 19.6 Å². The molecule has 0 aliphatic carbocycles. The van der Waals surface area contributed by atoms with Gasteiger partial charge in [0, 0.05) is 49.8 Å². The summed E-state index contributed by atoms with van der Waals surface area (Å²) >= 11 is 1.61. The van der Waals surface area contributed by atoms with Crippen LogP contribution in [0.5, 0.6) is 5.75 Å². The minimum atomic E-state index is -0.651. The van der Waals surface area contributed by atoms with Crippen molar-refractivity contribution >= 4 is 51.0 Å². The van der Waals surface area contributed by atoms with Crippen molar-refractivity contribution < 1.29 is 28.5 Å². The minimum absolute atomic E-state index is 0.0296. The fourth-order valence-corrected chi connectivity index (χ4v) is 9.82. The van der Waals surface area contributed by atoms with Crippen LogP contribution in [0.1, 0.15) is 131 Å². The summed E-state index contributed by atoms with van der Waals surface area (Å²) in [7, 11) is 0. The third-order valence-electron chi connectivity index (χ3n) is 12.3. The minimum Gasteiger partial charge on any atom is -0.481 e. The van der Waals surface area contributed by atoms with Crippen LogP contribution >= 0.6 is 11.3 Å². The summed E-state index contributed by atoms with van der Waals surface area (Å²) in [5.41, 5.74) is 5.64. The molecule has 2 aromatic carbocycles. The van der Waals surface area contributed by atoms with Gasteiger partial charge in [-0.1, -0.05) is 80.5 Å². The fraction of sp³-hybridized carbons (Fsp3) is 0.521. The number of nitrogens with one attached hydrogen (secondary N) is 4. The average Bonchev–Trinajstić information content (AvgIpc) is 3.43. The SMILES string of the molecule is CC(=N)n1c(=N)[n+](CCC(=O)NCCCCCCCCCCC(=O)N2CCC(c3ccc(OC4CCCC(=O)NC4=O)cc3)CC2)c(-c2ccc(C)cc2)c2c(C)c(C)sc21. The van der Waals surface area contributed by atoms with Crippen molar-refractivity contribution in [1.82, 2.24) is 20.1 Å². The molecule has 0 bridgehead atoms. The molecule has 2 saturated heterocycles. The van der Waals surface area contributed by atoms with Crippen LogP contribution < -0.4 is 25.6 Å². The van der Waals surface area contributed by atoms with E-state index in [1.165, 1.54) is 5.56 Å². The molecule has 61 heavy (non-hydrogen) atoms. The number of carbonyl (C=O) groups is 4. The predicted molar refractivity (Wildman–Crippen MR) is 240 cm³/mol. The fourth-order valence-electron chi connectivity index (χ4n) is 8.61. The molecule has 326 valence electrons. The molecular weight excluding hydrogens is 787 g/mol. The highest BCUT2D eigenvalue weighted by Gasteiger charge is 2.28. The van der Waals surface area contributed by atoms with E-state index < -0.39 is 6.10 Å². The highest BCUT2D eigenvalue weighted by Crippen LogP contribution is 2.35. The van der Waals surface area contributed by atoms with Crippen LogP contribution in [0.3, 0.4) is 0 Å². The van der Waals surface area contributed by atoms with E-state index in [1.54, 1.807) is 22.8 Å². The number of likely N-dealkylation sites (tertiary alicyclic amines) is 1. The molecule has 2 aromatic heterocycles. The van der Waals surface area contributed by atoms with Gasteiger partial charge in [0.05, 0.1) is 18.4 Å². The van der Waals surface area contributed by atoms with Gasteiger partial charge in [-0.2, -0.15) is 4.57 Å². The lowest BCUT2D eigenvalue weighted by Crippen LogP contribution is -2.57. The molecule has 0 radical (unpaired) electrons. The maximum Gasteiger partial charge on any atom is 0.398 e. The van der Waals surface area contributed by atoms with Gasteiger partial charge in [0.15, 0.2) is 16.8 Å². The maximum absolute atomic E-state index is 13.0. The summed E-state index contributed by atoms with van der Waals surface area (Å²) in [6, 6.07) is 16.2. The Morgan fingerprint density at radius 1 is 0.885 bits per heavy atom. The second kappa shape index (κ2) is 21.6. The molecule has 12 nitrogen and oxygen atoms in total. The van der Waals surface area contributed by atoms with Crippen LogP contribution in [0.2, 0.25) is 0 Å². The maximum atomic E-state index is 13.0. The number of carbonyl (C=O) groups excluding carboxylic acids is 4. The van der Waals surface area contributed by atoms with E-state index in [2.05, 4.69) is 67.8 Å². The number of imide groups is 1. The zero-order valence-corrected chi connectivity index (χ0v) is 37.3. The average molecular weight is 851 g/mol. The zero-order valence-electron chi connectivity index (χ0n) is 36.5. The predicted octanol–water partition coefficient (Wildman–Crippen LogP) is 7.90. The number of piperidine rings is 1. The van der Waals surface area contributed by atoms with Gasteiger partial charge < -0.3 is 15.0 Å². The van der Waals surface area contributed by atoms with Crippen LogP contribution in [-0.2, 0) is 25.7 Å². The monoisotopic (exact) mass is 850 g/mol. The van der Waals surface area contributed by atoms with Crippen LogP contribution in [-0.4, -0.2) is 64.7 Å². The molecule has 1 unspecified atom stereocenters. The van der Waals surface area contributed by atoms with Crippen molar-refractivity contribution in [2.24, 2.45) is 0 Å². The first kappa shape index (κ1) is 45.4. The Bertz CT molecular complexity index is 2250. The number of unbranched alkanes of at least 4 members (excludes halogenated alkanes) is 7. The number of hydrogen-bond donors (Lipinski definition) is 4. The number of aromatic nitrogens is 2. The molecule has 4 aromatic rings. The van der Waals surface area contributed by atoms with E-state index in [-0.39, 0.29) is 41.5 Å². The highest BCUT2D eigenvalue weighted by atomic mass is 32.1. The van der Waals surface area contributed by atoms with Crippen LogP contribution in [0.4, 0.5) is 0 Å². The van der Waals surface area contributed by atoms with Crippen molar-refractivity contribution in [3.8, 4) is 17.0 Å². The van der Waals surface area contributed by atoms with Gasteiger partial charge >= 0.3 is 5.62 Å². The zero-order chi connectivity index (χ0) is 43.5. The number of amides is 4. The molecule has 4 amide bonds. The Labute approximate surface area is 364 Å². The number of ether oxygens (including phenoxy) is 1. The molecule has 6 rings (SSSR count). The number of benzene rings is 2. The van der Waals surface area contributed by atoms with E-state index in [0.717, 1.165) is 115 Å². The molecule has 2 aliphatic rings. The molecule has 4 heterocycles. The van der Waals surface area contributed by atoms with Crippen molar-refractivity contribution in [1.29, 1.82) is 10.8 Å². The number of thiophene rings is 1. The van der Waals surface area contributed by atoms with E-state index in [1.807, 2.05) is 21.6 Å². The van der Waals surface area contributed by atoms with Gasteiger partial charge in [0.1, 0.15) is 11.4 Å². The van der Waals surface area contributed by atoms with Crippen molar-refractivity contribution in [3.63, 3.8) is 0 Å². The van der Waals surface area contributed by atoms with E-state index in [4.69, 9.17) is 15.6 Å². The van der Waals surface area contributed by atoms with Crippen molar-refractivity contribution in [2.45, 2.75) is 143 Å². The largest absolute Gasteiger partial charge is 0.481 e. The lowest BCUT2D eigenvalue weighted by atomic mass is 9.89. The Kier molecular flexibility index (Phi) is 16.0. The Morgan fingerprint density at radius 3 is 2.21 bits per heavy atom. The number of hydrogen-bond acceptors (Lipinski definition) is 8. The lowest BCUT2D eigenvalue weighted by molar-refractivity contribution is -0.705. The Balaban J connectivity index is 0.832. The Hall–Kier alpha value is -5.17. The summed E-state index contributed by atoms with van der Waals surface area (Å²) in [6.07, 6.45) is 12.1. The number of rotatable bonds is 18. The second-order valence-electron chi connectivity index (χ2n) is 16.9. The molecule has 2 aliphatic heterocycles. The molecular formula is C48H64N7O5S+. The third-order valence-corrected chi connectivity index (χ3v) is 13.5. The number of aryl methyl sites for hydroxylation is 3. The quantitative estimate of drug-likeness (QED) is 0.0263. The molecule has 0 spiro atoms. The molecule has 1 atom stereocenters. The van der Waals surface area contributed by atoms with Gasteiger partial charge in [-0.15, -0.1) is 16.7 Å². The smallest absolute Gasteiger partial charge is 0.398 e. The first-order chi connectivity index (χ1) is 29.4.